The maximum Gasteiger partial charge on any atom is 0.123 e. The Kier molecular flexibility index (Phi) is 2.41. The van der Waals surface area contributed by atoms with Gasteiger partial charge in [-0.25, -0.2) is 4.39 Å². The van der Waals surface area contributed by atoms with Crippen molar-refractivity contribution >= 4 is 6.08 Å². The highest BCUT2D eigenvalue weighted by Crippen LogP contribution is 2.10. The van der Waals surface area contributed by atoms with E-state index in [-0.39, 0.29) is 5.82 Å². The van der Waals surface area contributed by atoms with Gasteiger partial charge in [-0.3, -0.25) is 0 Å². The number of benzene rings is 1. The zero-order valence-electron chi connectivity index (χ0n) is 7.33. The van der Waals surface area contributed by atoms with E-state index < -0.39 is 0 Å². The highest BCUT2D eigenvalue weighted by Gasteiger charge is 2.11. The largest absolute Gasteiger partial charge is 0.315 e. The molecule has 0 saturated carbocycles. The monoisotopic (exact) mass is 177 g/mol. The van der Waals surface area contributed by atoms with Gasteiger partial charge in [0, 0.05) is 19.0 Å². The zero-order valence-corrected chi connectivity index (χ0v) is 7.33. The third-order valence-corrected chi connectivity index (χ3v) is 2.22. The molecule has 0 spiro atoms. The van der Waals surface area contributed by atoms with Crippen molar-refractivity contribution in [2.24, 2.45) is 5.92 Å². The maximum absolute atomic E-state index is 12.7. The summed E-state index contributed by atoms with van der Waals surface area (Å²) in [5.74, 6) is 0.456. The molecule has 2 heteroatoms. The van der Waals surface area contributed by atoms with Gasteiger partial charge in [-0.15, -0.1) is 0 Å². The van der Waals surface area contributed by atoms with Gasteiger partial charge in [0.15, 0.2) is 0 Å². The van der Waals surface area contributed by atoms with E-state index in [1.54, 1.807) is 12.1 Å². The molecule has 0 radical (unpaired) electrons. The average molecular weight is 177 g/mol. The molecule has 0 aromatic heterocycles. The minimum atomic E-state index is -0.172. The summed E-state index contributed by atoms with van der Waals surface area (Å²) < 4.78 is 12.7. The summed E-state index contributed by atoms with van der Waals surface area (Å²) >= 11 is 0. The Bertz CT molecular complexity index is 316. The van der Waals surface area contributed by atoms with Crippen LogP contribution in [0, 0.1) is 11.7 Å². The molecule has 1 saturated heterocycles. The van der Waals surface area contributed by atoms with Crippen molar-refractivity contribution in [2.45, 2.75) is 0 Å². The fourth-order valence-electron chi connectivity index (χ4n) is 1.30. The van der Waals surface area contributed by atoms with E-state index in [0.717, 1.165) is 18.7 Å². The molecule has 1 aromatic rings. The van der Waals surface area contributed by atoms with Crippen LogP contribution in [0.3, 0.4) is 0 Å². The van der Waals surface area contributed by atoms with Gasteiger partial charge in [-0.05, 0) is 17.7 Å². The third kappa shape index (κ3) is 2.16. The minimum absolute atomic E-state index is 0.172. The summed E-state index contributed by atoms with van der Waals surface area (Å²) in [4.78, 5) is 0. The summed E-state index contributed by atoms with van der Waals surface area (Å²) in [6.45, 7) is 2.09. The molecule has 1 N–H and O–H groups in total. The van der Waals surface area contributed by atoms with E-state index in [2.05, 4.69) is 11.4 Å². The van der Waals surface area contributed by atoms with Crippen molar-refractivity contribution in [3.8, 4) is 0 Å². The van der Waals surface area contributed by atoms with Crippen LogP contribution >= 0.6 is 0 Å². The molecule has 2 rings (SSSR count). The van der Waals surface area contributed by atoms with Crippen LogP contribution in [0.4, 0.5) is 4.39 Å². The zero-order chi connectivity index (χ0) is 9.10. The molecule has 0 bridgehead atoms. The maximum atomic E-state index is 12.7. The molecule has 0 atom stereocenters. The Morgan fingerprint density at radius 3 is 2.85 bits per heavy atom. The molecule has 0 amide bonds. The van der Waals surface area contributed by atoms with Crippen molar-refractivity contribution in [1.82, 2.24) is 5.32 Å². The Balaban J connectivity index is 2.03. The summed E-state index contributed by atoms with van der Waals surface area (Å²) in [5.41, 5.74) is 0.937. The van der Waals surface area contributed by atoms with Gasteiger partial charge in [0.05, 0.1) is 0 Å². The van der Waals surface area contributed by atoms with Crippen LogP contribution in [0.15, 0.2) is 30.3 Å². The van der Waals surface area contributed by atoms with Crippen LogP contribution in [-0.2, 0) is 0 Å². The molecular weight excluding hydrogens is 165 g/mol. The van der Waals surface area contributed by atoms with Crippen molar-refractivity contribution in [1.29, 1.82) is 0 Å². The smallest absolute Gasteiger partial charge is 0.123 e. The second-order valence-corrected chi connectivity index (χ2v) is 3.33. The Labute approximate surface area is 77.3 Å². The third-order valence-electron chi connectivity index (χ3n) is 2.22. The molecule has 1 aromatic carbocycles. The van der Waals surface area contributed by atoms with E-state index in [0.29, 0.717) is 5.92 Å². The topological polar surface area (TPSA) is 12.0 Å². The van der Waals surface area contributed by atoms with Crippen LogP contribution in [0.1, 0.15) is 5.56 Å². The van der Waals surface area contributed by atoms with Gasteiger partial charge in [-0.1, -0.05) is 24.3 Å². The molecule has 0 unspecified atom stereocenters. The molecule has 1 aliphatic heterocycles. The molecule has 1 nitrogen and oxygen atoms in total. The van der Waals surface area contributed by atoms with Crippen LogP contribution in [0.2, 0.25) is 0 Å². The van der Waals surface area contributed by atoms with Crippen LogP contribution in [0.5, 0.6) is 0 Å². The lowest BCUT2D eigenvalue weighted by Crippen LogP contribution is -2.40. The summed E-state index contributed by atoms with van der Waals surface area (Å²) in [5, 5.41) is 3.18. The van der Waals surface area contributed by atoms with Gasteiger partial charge in [0.1, 0.15) is 5.82 Å². The van der Waals surface area contributed by atoms with E-state index in [1.165, 1.54) is 6.07 Å². The molecule has 0 aliphatic carbocycles. The summed E-state index contributed by atoms with van der Waals surface area (Å²) in [6.07, 6.45) is 4.11. The van der Waals surface area contributed by atoms with Crippen LogP contribution < -0.4 is 5.32 Å². The lowest BCUT2D eigenvalue weighted by Gasteiger charge is -2.23. The summed E-state index contributed by atoms with van der Waals surface area (Å²) in [6, 6.07) is 6.64. The second-order valence-electron chi connectivity index (χ2n) is 3.33. The van der Waals surface area contributed by atoms with Gasteiger partial charge < -0.3 is 5.32 Å². The van der Waals surface area contributed by atoms with E-state index in [4.69, 9.17) is 0 Å². The van der Waals surface area contributed by atoms with Gasteiger partial charge in [0.25, 0.3) is 0 Å². The molecule has 68 valence electrons. The van der Waals surface area contributed by atoms with Crippen molar-refractivity contribution in [3.63, 3.8) is 0 Å². The first-order chi connectivity index (χ1) is 6.34. The lowest BCUT2D eigenvalue weighted by molar-refractivity contribution is 0.420. The normalized spacial score (nSPS) is 17.6. The van der Waals surface area contributed by atoms with Crippen LogP contribution in [0.25, 0.3) is 6.08 Å². The van der Waals surface area contributed by atoms with E-state index in [1.807, 2.05) is 12.1 Å². The lowest BCUT2D eigenvalue weighted by atomic mass is 10.0. The second kappa shape index (κ2) is 3.71. The Hall–Kier alpha value is -1.15. The van der Waals surface area contributed by atoms with Crippen molar-refractivity contribution < 1.29 is 4.39 Å². The first kappa shape index (κ1) is 8.45. The molecular formula is C11H12FN. The van der Waals surface area contributed by atoms with Gasteiger partial charge in [-0.2, -0.15) is 0 Å². The van der Waals surface area contributed by atoms with Gasteiger partial charge >= 0.3 is 0 Å². The number of hydrogen-bond acceptors (Lipinski definition) is 1. The van der Waals surface area contributed by atoms with Crippen molar-refractivity contribution in [2.75, 3.05) is 13.1 Å². The molecule has 1 aliphatic rings. The predicted molar refractivity (Wildman–Crippen MR) is 51.8 cm³/mol. The molecule has 13 heavy (non-hydrogen) atoms. The molecule has 1 heterocycles. The Morgan fingerprint density at radius 2 is 2.23 bits per heavy atom. The fraction of sp³-hybridized carbons (Fsp3) is 0.273. The van der Waals surface area contributed by atoms with Gasteiger partial charge in [0.2, 0.25) is 0 Å². The highest BCUT2D eigenvalue weighted by atomic mass is 19.1. The average Bonchev–Trinajstić information content (AvgIpc) is 2.01. The number of rotatable bonds is 2. The fourth-order valence-corrected chi connectivity index (χ4v) is 1.30. The summed E-state index contributed by atoms with van der Waals surface area (Å²) in [7, 11) is 0. The predicted octanol–water partition coefficient (Wildman–Crippen LogP) is 2.06. The first-order valence-electron chi connectivity index (χ1n) is 4.49. The molecule has 1 fully saturated rings. The number of nitrogens with one attached hydrogen (secondary N) is 1. The quantitative estimate of drug-likeness (QED) is 0.729. The van der Waals surface area contributed by atoms with Crippen molar-refractivity contribution in [3.05, 3.63) is 41.7 Å². The minimum Gasteiger partial charge on any atom is -0.315 e. The standard InChI is InChI=1S/C11H12FN/c12-11-3-1-2-9(6-11)4-5-10-7-13-8-10/h1-6,10,13H,7-8H2/b5-4+. The number of halogens is 1. The van der Waals surface area contributed by atoms with E-state index >= 15 is 0 Å². The van der Waals surface area contributed by atoms with E-state index in [9.17, 15) is 4.39 Å². The van der Waals surface area contributed by atoms with Crippen LogP contribution in [-0.4, -0.2) is 13.1 Å². The highest BCUT2D eigenvalue weighted by molar-refractivity contribution is 5.49. The number of hydrogen-bond donors (Lipinski definition) is 1. The SMILES string of the molecule is Fc1cccc(/C=C/C2CNC2)c1. The first-order valence-corrected chi connectivity index (χ1v) is 4.49. The Morgan fingerprint density at radius 1 is 1.38 bits per heavy atom.